The smallest absolute Gasteiger partial charge is 0.156 e. The second-order valence-corrected chi connectivity index (χ2v) is 7.34. The highest BCUT2D eigenvalue weighted by Gasteiger charge is 2.25. The highest BCUT2D eigenvalue weighted by molar-refractivity contribution is 14.1. The number of carbonyl (C=O) groups excluding carboxylic acids is 1. The monoisotopic (exact) mass is 413 g/mol. The van der Waals surface area contributed by atoms with Gasteiger partial charge in [0.2, 0.25) is 0 Å². The lowest BCUT2D eigenvalue weighted by atomic mass is 9.93. The highest BCUT2D eigenvalue weighted by Crippen LogP contribution is 2.39. The van der Waals surface area contributed by atoms with E-state index < -0.39 is 0 Å². The standard InChI is InChI=1S/C20H16INO/c1-12-9-15(23)11-16(13-5-3-2-4-6-13)20-19(12)17-10-14(21)7-8-18(17)22-20/h2-8,10-12,22H,9H2,1H3. The molecule has 1 aliphatic rings. The number of halogens is 1. The minimum atomic E-state index is 0.194. The maximum Gasteiger partial charge on any atom is 0.156 e. The van der Waals surface area contributed by atoms with Crippen molar-refractivity contribution in [1.29, 1.82) is 0 Å². The molecule has 2 nitrogen and oxygen atoms in total. The van der Waals surface area contributed by atoms with E-state index in [0.29, 0.717) is 6.42 Å². The first-order valence-corrected chi connectivity index (χ1v) is 8.83. The predicted octanol–water partition coefficient (Wildman–Crippen LogP) is 5.28. The molecule has 0 spiro atoms. The topological polar surface area (TPSA) is 32.9 Å². The Morgan fingerprint density at radius 3 is 2.70 bits per heavy atom. The predicted molar refractivity (Wildman–Crippen MR) is 103 cm³/mol. The zero-order valence-electron chi connectivity index (χ0n) is 12.8. The number of H-pyrrole nitrogens is 1. The number of carbonyl (C=O) groups is 1. The summed E-state index contributed by atoms with van der Waals surface area (Å²) in [6.07, 6.45) is 2.36. The molecule has 2 aromatic carbocycles. The molecule has 0 aliphatic heterocycles. The number of rotatable bonds is 1. The van der Waals surface area contributed by atoms with Crippen LogP contribution in [0.4, 0.5) is 0 Å². The van der Waals surface area contributed by atoms with Crippen molar-refractivity contribution in [3.05, 3.63) is 75.0 Å². The number of hydrogen-bond acceptors (Lipinski definition) is 1. The van der Waals surface area contributed by atoms with Crippen LogP contribution < -0.4 is 0 Å². The Bertz CT molecular complexity index is 937. The summed E-state index contributed by atoms with van der Waals surface area (Å²) in [5.41, 5.74) is 5.57. The van der Waals surface area contributed by atoms with Gasteiger partial charge in [-0.1, -0.05) is 37.3 Å². The Balaban J connectivity index is 2.04. The van der Waals surface area contributed by atoms with Crippen LogP contribution in [0.3, 0.4) is 0 Å². The van der Waals surface area contributed by atoms with Crippen LogP contribution in [-0.2, 0) is 4.79 Å². The summed E-state index contributed by atoms with van der Waals surface area (Å²) in [4.78, 5) is 15.9. The van der Waals surface area contributed by atoms with Gasteiger partial charge in [-0.3, -0.25) is 4.79 Å². The zero-order chi connectivity index (χ0) is 16.0. The molecule has 0 bridgehead atoms. The van der Waals surface area contributed by atoms with Crippen molar-refractivity contribution in [1.82, 2.24) is 4.98 Å². The number of nitrogens with one attached hydrogen (secondary N) is 1. The van der Waals surface area contributed by atoms with Gasteiger partial charge in [-0.2, -0.15) is 0 Å². The Morgan fingerprint density at radius 1 is 1.13 bits per heavy atom. The number of allylic oxidation sites excluding steroid dienone is 1. The molecule has 1 N–H and O–H groups in total. The number of hydrogen-bond donors (Lipinski definition) is 1. The van der Waals surface area contributed by atoms with Gasteiger partial charge in [-0.05, 0) is 63.9 Å². The van der Waals surface area contributed by atoms with Gasteiger partial charge in [0.1, 0.15) is 0 Å². The summed E-state index contributed by atoms with van der Waals surface area (Å²) in [5.74, 6) is 0.404. The first-order valence-electron chi connectivity index (χ1n) is 7.75. The van der Waals surface area contributed by atoms with Crippen molar-refractivity contribution >= 4 is 44.9 Å². The lowest BCUT2D eigenvalue weighted by Crippen LogP contribution is -1.99. The van der Waals surface area contributed by atoms with E-state index in [9.17, 15) is 4.79 Å². The van der Waals surface area contributed by atoms with Crippen LogP contribution >= 0.6 is 22.6 Å². The van der Waals surface area contributed by atoms with Crippen molar-refractivity contribution in [3.63, 3.8) is 0 Å². The SMILES string of the molecule is CC1CC(=O)C=C(c2ccccc2)c2[nH]c3ccc(I)cc3c21. The van der Waals surface area contributed by atoms with Gasteiger partial charge in [0.05, 0.1) is 5.69 Å². The molecule has 1 heterocycles. The van der Waals surface area contributed by atoms with Crippen molar-refractivity contribution in [2.45, 2.75) is 19.3 Å². The van der Waals surface area contributed by atoms with E-state index >= 15 is 0 Å². The van der Waals surface area contributed by atoms with Crippen molar-refractivity contribution < 1.29 is 4.79 Å². The lowest BCUT2D eigenvalue weighted by Gasteiger charge is -2.10. The third-order valence-corrected chi connectivity index (χ3v) is 5.13. The van der Waals surface area contributed by atoms with Gasteiger partial charge >= 0.3 is 0 Å². The molecule has 0 fully saturated rings. The van der Waals surface area contributed by atoms with Gasteiger partial charge in [0.15, 0.2) is 5.78 Å². The van der Waals surface area contributed by atoms with E-state index in [4.69, 9.17) is 0 Å². The molecule has 0 saturated heterocycles. The molecule has 0 amide bonds. The number of fused-ring (bicyclic) bond motifs is 3. The van der Waals surface area contributed by atoms with Crippen molar-refractivity contribution in [3.8, 4) is 0 Å². The second-order valence-electron chi connectivity index (χ2n) is 6.10. The Kier molecular flexibility index (Phi) is 3.60. The number of aromatic amines is 1. The van der Waals surface area contributed by atoms with E-state index in [-0.39, 0.29) is 11.7 Å². The maximum atomic E-state index is 12.4. The summed E-state index contributed by atoms with van der Waals surface area (Å²) in [6.45, 7) is 2.14. The first kappa shape index (κ1) is 14.7. The van der Waals surface area contributed by atoms with Crippen LogP contribution in [0.2, 0.25) is 0 Å². The van der Waals surface area contributed by atoms with E-state index in [2.05, 4.69) is 64.8 Å². The highest BCUT2D eigenvalue weighted by atomic mass is 127. The van der Waals surface area contributed by atoms with Gasteiger partial charge < -0.3 is 4.98 Å². The Hall–Kier alpha value is -1.88. The number of benzene rings is 2. The normalized spacial score (nSPS) is 17.7. The lowest BCUT2D eigenvalue weighted by molar-refractivity contribution is -0.114. The Morgan fingerprint density at radius 2 is 1.91 bits per heavy atom. The summed E-state index contributed by atoms with van der Waals surface area (Å²) in [7, 11) is 0. The molecule has 4 rings (SSSR count). The minimum Gasteiger partial charge on any atom is -0.354 e. The maximum absolute atomic E-state index is 12.4. The fraction of sp³-hybridized carbons (Fsp3) is 0.150. The summed E-state index contributed by atoms with van der Waals surface area (Å²) >= 11 is 2.34. The van der Waals surface area contributed by atoms with Gasteiger partial charge in [0.25, 0.3) is 0 Å². The molecule has 1 atom stereocenters. The molecule has 1 aliphatic carbocycles. The van der Waals surface area contributed by atoms with Crippen LogP contribution in [0.1, 0.15) is 36.1 Å². The van der Waals surface area contributed by atoms with Crippen LogP contribution in [0.15, 0.2) is 54.6 Å². The van der Waals surface area contributed by atoms with E-state index in [0.717, 1.165) is 22.3 Å². The molecular formula is C20H16INO. The van der Waals surface area contributed by atoms with E-state index in [1.165, 1.54) is 14.5 Å². The fourth-order valence-corrected chi connectivity index (χ4v) is 3.94. The summed E-state index contributed by atoms with van der Waals surface area (Å²) < 4.78 is 1.21. The second kappa shape index (κ2) is 5.64. The van der Waals surface area contributed by atoms with E-state index in [1.807, 2.05) is 18.2 Å². The largest absolute Gasteiger partial charge is 0.354 e. The van der Waals surface area contributed by atoms with E-state index in [1.54, 1.807) is 6.08 Å². The van der Waals surface area contributed by atoms with Crippen LogP contribution in [0, 0.1) is 3.57 Å². The van der Waals surface area contributed by atoms with Gasteiger partial charge in [-0.25, -0.2) is 0 Å². The van der Waals surface area contributed by atoms with Crippen LogP contribution in [0.25, 0.3) is 16.5 Å². The summed E-state index contributed by atoms with van der Waals surface area (Å²) in [6, 6.07) is 16.6. The molecule has 114 valence electrons. The summed E-state index contributed by atoms with van der Waals surface area (Å²) in [5, 5.41) is 1.23. The minimum absolute atomic E-state index is 0.194. The van der Waals surface area contributed by atoms with Crippen LogP contribution in [0.5, 0.6) is 0 Å². The van der Waals surface area contributed by atoms with Crippen LogP contribution in [-0.4, -0.2) is 10.8 Å². The number of ketones is 1. The van der Waals surface area contributed by atoms with Crippen molar-refractivity contribution in [2.75, 3.05) is 0 Å². The molecule has 0 saturated carbocycles. The van der Waals surface area contributed by atoms with Gasteiger partial charge in [0, 0.05) is 26.5 Å². The average molecular weight is 413 g/mol. The first-order chi connectivity index (χ1) is 11.1. The zero-order valence-corrected chi connectivity index (χ0v) is 14.9. The molecule has 0 radical (unpaired) electrons. The molecule has 3 aromatic rings. The van der Waals surface area contributed by atoms with Crippen molar-refractivity contribution in [2.24, 2.45) is 0 Å². The molecule has 1 unspecified atom stereocenters. The third kappa shape index (κ3) is 2.53. The molecular weight excluding hydrogens is 397 g/mol. The molecule has 23 heavy (non-hydrogen) atoms. The third-order valence-electron chi connectivity index (χ3n) is 4.46. The average Bonchev–Trinajstić information content (AvgIpc) is 2.85. The van der Waals surface area contributed by atoms with Gasteiger partial charge in [-0.15, -0.1) is 0 Å². The Labute approximate surface area is 148 Å². The number of aromatic nitrogens is 1. The molecule has 3 heteroatoms. The fourth-order valence-electron chi connectivity index (χ4n) is 3.45. The molecule has 1 aromatic heterocycles. The quantitative estimate of drug-likeness (QED) is 0.541.